The van der Waals surface area contributed by atoms with Crippen LogP contribution < -0.4 is 5.32 Å². The number of rotatable bonds is 4. The molecule has 7 heteroatoms. The van der Waals surface area contributed by atoms with Gasteiger partial charge in [-0.15, -0.1) is 11.3 Å². The molecule has 0 saturated heterocycles. The normalized spacial score (nSPS) is 19.3. The Balaban J connectivity index is 1.75. The maximum Gasteiger partial charge on any atom is 0.189 e. The van der Waals surface area contributed by atoms with Crippen molar-refractivity contribution in [2.24, 2.45) is 0 Å². The molecule has 3 aromatic heterocycles. The van der Waals surface area contributed by atoms with Crippen LogP contribution in [0.5, 0.6) is 0 Å². The van der Waals surface area contributed by atoms with Crippen LogP contribution in [0.25, 0.3) is 20.4 Å². The van der Waals surface area contributed by atoms with Crippen molar-refractivity contribution < 1.29 is 4.74 Å². The van der Waals surface area contributed by atoms with Crippen molar-refractivity contribution in [1.82, 2.24) is 15.0 Å². The Kier molecular flexibility index (Phi) is 5.64. The van der Waals surface area contributed by atoms with Gasteiger partial charge in [0.25, 0.3) is 0 Å². The van der Waals surface area contributed by atoms with E-state index in [1.54, 1.807) is 23.1 Å². The van der Waals surface area contributed by atoms with Crippen LogP contribution >= 0.6 is 23.1 Å². The van der Waals surface area contributed by atoms with Crippen LogP contribution in [0.3, 0.4) is 0 Å². The average molecular weight is 457 g/mol. The second-order valence-corrected chi connectivity index (χ2v) is 11.6. The molecule has 3 aromatic rings. The Hall–Kier alpha value is -1.44. The highest BCUT2D eigenvalue weighted by molar-refractivity contribution is 7.98. The monoisotopic (exact) mass is 456 g/mol. The summed E-state index contributed by atoms with van der Waals surface area (Å²) in [6.45, 7) is 9.45. The Morgan fingerprint density at radius 2 is 1.87 bits per heavy atom. The SMILES string of the molecule is CSc1nc(NC2CCCCC2)c2sc3nc(C(C)C)c4c(c3c2n1)CC(C)(C)OC4. The standard InChI is InChI=1S/C24H32N4OS2/c1-13(2)18-16-12-29-24(3,4)11-15(16)17-19-20(31-22(17)26-18)21(28-23(27-19)30-5)25-14-9-7-6-8-10-14/h13-14H,6-12H2,1-5H3,(H,25,27,28). The zero-order valence-corrected chi connectivity index (χ0v) is 20.8. The van der Waals surface area contributed by atoms with E-state index in [2.05, 4.69) is 39.3 Å². The highest BCUT2D eigenvalue weighted by Gasteiger charge is 2.32. The summed E-state index contributed by atoms with van der Waals surface area (Å²) >= 11 is 3.37. The molecule has 5 nitrogen and oxygen atoms in total. The number of ether oxygens (including phenoxy) is 1. The molecule has 1 aliphatic carbocycles. The second-order valence-electron chi connectivity index (χ2n) is 9.83. The topological polar surface area (TPSA) is 59.9 Å². The Bertz CT molecular complexity index is 1130. The van der Waals surface area contributed by atoms with Crippen molar-refractivity contribution in [1.29, 1.82) is 0 Å². The van der Waals surface area contributed by atoms with Crippen LogP contribution in [-0.2, 0) is 17.8 Å². The Morgan fingerprint density at radius 1 is 1.10 bits per heavy atom. The number of anilines is 1. The summed E-state index contributed by atoms with van der Waals surface area (Å²) in [6, 6.07) is 0.507. The van der Waals surface area contributed by atoms with Crippen LogP contribution in [0.15, 0.2) is 5.16 Å². The van der Waals surface area contributed by atoms with Gasteiger partial charge in [-0.25, -0.2) is 15.0 Å². The number of nitrogens with zero attached hydrogens (tertiary/aromatic N) is 3. The lowest BCUT2D eigenvalue weighted by Gasteiger charge is -2.33. The van der Waals surface area contributed by atoms with E-state index in [0.29, 0.717) is 18.6 Å². The van der Waals surface area contributed by atoms with E-state index in [1.807, 2.05) is 0 Å². The fourth-order valence-electron chi connectivity index (χ4n) is 4.99. The molecule has 0 spiro atoms. The van der Waals surface area contributed by atoms with Gasteiger partial charge in [0.2, 0.25) is 0 Å². The van der Waals surface area contributed by atoms with Crippen molar-refractivity contribution in [3.8, 4) is 0 Å². The van der Waals surface area contributed by atoms with Crippen LogP contribution in [0, 0.1) is 0 Å². The molecule has 0 aromatic carbocycles. The zero-order chi connectivity index (χ0) is 21.8. The third-order valence-corrected chi connectivity index (χ3v) is 8.20. The number of thiophene rings is 1. The van der Waals surface area contributed by atoms with E-state index < -0.39 is 0 Å². The molecule has 1 N–H and O–H groups in total. The molecule has 0 amide bonds. The van der Waals surface area contributed by atoms with E-state index in [0.717, 1.165) is 32.4 Å². The number of aromatic nitrogens is 3. The summed E-state index contributed by atoms with van der Waals surface area (Å²) in [5.41, 5.74) is 4.71. The molecule has 0 bridgehead atoms. The molecule has 0 atom stereocenters. The first kappa shape index (κ1) is 21.4. The molecule has 0 unspecified atom stereocenters. The summed E-state index contributed by atoms with van der Waals surface area (Å²) in [7, 11) is 0. The van der Waals surface area contributed by atoms with E-state index in [4.69, 9.17) is 19.7 Å². The van der Waals surface area contributed by atoms with Crippen LogP contribution in [0.2, 0.25) is 0 Å². The fraction of sp³-hybridized carbons (Fsp3) is 0.625. The van der Waals surface area contributed by atoms with Gasteiger partial charge < -0.3 is 10.1 Å². The molecule has 2 aliphatic rings. The first-order chi connectivity index (χ1) is 14.9. The maximum atomic E-state index is 6.20. The minimum atomic E-state index is -0.178. The van der Waals surface area contributed by atoms with Gasteiger partial charge in [0, 0.05) is 23.4 Å². The van der Waals surface area contributed by atoms with Crippen LogP contribution in [-0.4, -0.2) is 32.9 Å². The quantitative estimate of drug-likeness (QED) is 0.349. The first-order valence-corrected chi connectivity index (χ1v) is 13.5. The highest BCUT2D eigenvalue weighted by Crippen LogP contribution is 2.44. The summed E-state index contributed by atoms with van der Waals surface area (Å²) < 4.78 is 7.35. The smallest absolute Gasteiger partial charge is 0.189 e. The lowest BCUT2D eigenvalue weighted by atomic mass is 9.87. The van der Waals surface area contributed by atoms with E-state index in [1.165, 1.54) is 54.3 Å². The molecule has 1 aliphatic heterocycles. The van der Waals surface area contributed by atoms with Crippen molar-refractivity contribution in [2.75, 3.05) is 11.6 Å². The third kappa shape index (κ3) is 3.93. The average Bonchev–Trinajstić information content (AvgIpc) is 3.12. The molecule has 1 saturated carbocycles. The molecule has 4 heterocycles. The third-order valence-electron chi connectivity index (χ3n) is 6.58. The minimum absolute atomic E-state index is 0.178. The molecule has 31 heavy (non-hydrogen) atoms. The van der Waals surface area contributed by atoms with Gasteiger partial charge in [-0.2, -0.15) is 0 Å². The largest absolute Gasteiger partial charge is 0.370 e. The summed E-state index contributed by atoms with van der Waals surface area (Å²) in [5, 5.41) is 5.84. The molecule has 0 radical (unpaired) electrons. The van der Waals surface area contributed by atoms with Crippen molar-refractivity contribution in [3.63, 3.8) is 0 Å². The fourth-order valence-corrected chi connectivity index (χ4v) is 6.46. The van der Waals surface area contributed by atoms with Crippen molar-refractivity contribution in [2.45, 2.75) is 95.5 Å². The molecule has 166 valence electrons. The maximum absolute atomic E-state index is 6.20. The van der Waals surface area contributed by atoms with E-state index in [-0.39, 0.29) is 5.60 Å². The molecule has 5 rings (SSSR count). The Morgan fingerprint density at radius 3 is 2.58 bits per heavy atom. The number of fused-ring (bicyclic) bond motifs is 5. The van der Waals surface area contributed by atoms with Gasteiger partial charge in [-0.3, -0.25) is 0 Å². The minimum Gasteiger partial charge on any atom is -0.370 e. The van der Waals surface area contributed by atoms with Gasteiger partial charge in [0.05, 0.1) is 28.1 Å². The zero-order valence-electron chi connectivity index (χ0n) is 19.2. The first-order valence-electron chi connectivity index (χ1n) is 11.5. The van der Waals surface area contributed by atoms with E-state index in [9.17, 15) is 0 Å². The Labute approximate surface area is 192 Å². The van der Waals surface area contributed by atoms with Gasteiger partial charge in [0.15, 0.2) is 5.16 Å². The lowest BCUT2D eigenvalue weighted by Crippen LogP contribution is -2.33. The summed E-state index contributed by atoms with van der Waals surface area (Å²) in [5.74, 6) is 1.36. The number of hydrogen-bond acceptors (Lipinski definition) is 7. The predicted molar refractivity (Wildman–Crippen MR) is 132 cm³/mol. The number of hydrogen-bond donors (Lipinski definition) is 1. The van der Waals surface area contributed by atoms with Gasteiger partial charge in [-0.05, 0) is 44.4 Å². The lowest BCUT2D eigenvalue weighted by molar-refractivity contribution is -0.0402. The van der Waals surface area contributed by atoms with Crippen molar-refractivity contribution in [3.05, 3.63) is 16.8 Å². The number of nitrogens with one attached hydrogen (secondary N) is 1. The molecule has 1 fully saturated rings. The predicted octanol–water partition coefficient (Wildman–Crippen LogP) is 6.68. The number of pyridine rings is 1. The second kappa shape index (κ2) is 8.16. The highest BCUT2D eigenvalue weighted by atomic mass is 32.2. The molecular weight excluding hydrogens is 424 g/mol. The van der Waals surface area contributed by atoms with E-state index >= 15 is 0 Å². The van der Waals surface area contributed by atoms with Crippen LogP contribution in [0.1, 0.15) is 82.5 Å². The summed E-state index contributed by atoms with van der Waals surface area (Å²) in [6.07, 6.45) is 9.34. The van der Waals surface area contributed by atoms with Crippen molar-refractivity contribution >= 4 is 49.3 Å². The summed E-state index contributed by atoms with van der Waals surface area (Å²) in [4.78, 5) is 16.2. The van der Waals surface area contributed by atoms with Crippen LogP contribution in [0.4, 0.5) is 5.82 Å². The van der Waals surface area contributed by atoms with Gasteiger partial charge in [0.1, 0.15) is 10.6 Å². The van der Waals surface area contributed by atoms with Gasteiger partial charge in [-0.1, -0.05) is 44.9 Å². The van der Waals surface area contributed by atoms with Gasteiger partial charge >= 0.3 is 0 Å². The molecular formula is C24H32N4OS2. The number of thioether (sulfide) groups is 1.